The van der Waals surface area contributed by atoms with Gasteiger partial charge in [0, 0.05) is 25.1 Å². The third-order valence-electron chi connectivity index (χ3n) is 2.32. The number of ether oxygens (including phenoxy) is 1. The second-order valence-corrected chi connectivity index (χ2v) is 4.03. The summed E-state index contributed by atoms with van der Waals surface area (Å²) >= 11 is 0. The van der Waals surface area contributed by atoms with E-state index in [2.05, 4.69) is 9.97 Å². The van der Waals surface area contributed by atoms with Gasteiger partial charge < -0.3 is 15.0 Å². The Kier molecular flexibility index (Phi) is 3.72. The number of nitrogens with zero attached hydrogens (tertiary/aromatic N) is 3. The van der Waals surface area contributed by atoms with Gasteiger partial charge in [-0.05, 0) is 18.6 Å². The number of imidazole rings is 1. The largest absolute Gasteiger partial charge is 0.490 e. The average molecular weight is 232 g/mol. The van der Waals surface area contributed by atoms with Gasteiger partial charge in [0.1, 0.15) is 12.4 Å². The van der Waals surface area contributed by atoms with E-state index < -0.39 is 0 Å². The predicted molar refractivity (Wildman–Crippen MR) is 64.7 cm³/mol. The van der Waals surface area contributed by atoms with Crippen molar-refractivity contribution in [2.75, 3.05) is 6.61 Å². The monoisotopic (exact) mass is 232 g/mol. The number of pyridine rings is 1. The molecule has 0 bridgehead atoms. The maximum absolute atomic E-state index is 5.96. The first kappa shape index (κ1) is 11.6. The summed E-state index contributed by atoms with van der Waals surface area (Å²) in [6, 6.07) is 1.88. The van der Waals surface area contributed by atoms with E-state index in [1.54, 1.807) is 24.9 Å². The van der Waals surface area contributed by atoms with E-state index in [4.69, 9.17) is 10.5 Å². The van der Waals surface area contributed by atoms with Crippen LogP contribution in [0.4, 0.5) is 0 Å². The first-order valence-electron chi connectivity index (χ1n) is 5.50. The molecule has 5 nitrogen and oxygen atoms in total. The summed E-state index contributed by atoms with van der Waals surface area (Å²) in [7, 11) is 0. The van der Waals surface area contributed by atoms with E-state index in [1.165, 1.54) is 0 Å². The quantitative estimate of drug-likeness (QED) is 0.835. The lowest BCUT2D eigenvalue weighted by atomic mass is 10.3. The minimum Gasteiger partial charge on any atom is -0.490 e. The van der Waals surface area contributed by atoms with Crippen LogP contribution in [0.2, 0.25) is 0 Å². The van der Waals surface area contributed by atoms with Crippen LogP contribution in [0.3, 0.4) is 0 Å². The molecule has 2 aromatic rings. The normalized spacial score (nSPS) is 12.4. The molecule has 0 aromatic carbocycles. The average Bonchev–Trinajstić information content (AvgIpc) is 2.79. The van der Waals surface area contributed by atoms with Gasteiger partial charge in [0.15, 0.2) is 0 Å². The lowest BCUT2D eigenvalue weighted by Crippen LogP contribution is -2.32. The zero-order valence-electron chi connectivity index (χ0n) is 9.78. The Hall–Kier alpha value is -1.88. The van der Waals surface area contributed by atoms with Gasteiger partial charge in [0.2, 0.25) is 0 Å². The molecule has 0 aliphatic carbocycles. The molecule has 2 rings (SSSR count). The Bertz CT molecular complexity index is 455. The molecule has 0 fully saturated rings. The van der Waals surface area contributed by atoms with Gasteiger partial charge in [-0.1, -0.05) is 0 Å². The number of aryl methyl sites for hydroxylation is 1. The number of aromatic nitrogens is 3. The van der Waals surface area contributed by atoms with E-state index >= 15 is 0 Å². The molecule has 1 unspecified atom stereocenters. The fraction of sp³-hybridized carbons (Fsp3) is 0.333. The van der Waals surface area contributed by atoms with Crippen LogP contribution < -0.4 is 10.5 Å². The Balaban J connectivity index is 1.82. The second kappa shape index (κ2) is 5.45. The van der Waals surface area contributed by atoms with E-state index in [-0.39, 0.29) is 6.04 Å². The van der Waals surface area contributed by atoms with Crippen molar-refractivity contribution < 1.29 is 4.74 Å². The molecule has 5 heteroatoms. The highest BCUT2D eigenvalue weighted by Gasteiger charge is 2.04. The lowest BCUT2D eigenvalue weighted by Gasteiger charge is -2.13. The highest BCUT2D eigenvalue weighted by molar-refractivity contribution is 5.22. The minimum absolute atomic E-state index is 0.0651. The first-order valence-corrected chi connectivity index (χ1v) is 5.50. The van der Waals surface area contributed by atoms with Gasteiger partial charge in [0.05, 0.1) is 18.6 Å². The van der Waals surface area contributed by atoms with Gasteiger partial charge in [-0.3, -0.25) is 4.98 Å². The van der Waals surface area contributed by atoms with Crippen LogP contribution in [0.15, 0.2) is 37.2 Å². The summed E-state index contributed by atoms with van der Waals surface area (Å²) in [6.45, 7) is 3.13. The van der Waals surface area contributed by atoms with Crippen molar-refractivity contribution in [1.29, 1.82) is 0 Å². The van der Waals surface area contributed by atoms with Crippen molar-refractivity contribution in [3.8, 4) is 5.75 Å². The third kappa shape index (κ3) is 3.57. The Morgan fingerprint density at radius 2 is 2.29 bits per heavy atom. The summed E-state index contributed by atoms with van der Waals surface area (Å²) in [4.78, 5) is 8.02. The SMILES string of the molecule is Cc1cncc(OCC(N)Cn2ccnc2)c1. The highest BCUT2D eigenvalue weighted by Crippen LogP contribution is 2.10. The fourth-order valence-electron chi connectivity index (χ4n) is 1.53. The van der Waals surface area contributed by atoms with Crippen molar-refractivity contribution in [2.45, 2.75) is 19.5 Å². The number of nitrogens with two attached hydrogens (primary N) is 1. The molecule has 17 heavy (non-hydrogen) atoms. The molecule has 2 heterocycles. The number of hydrogen-bond acceptors (Lipinski definition) is 4. The van der Waals surface area contributed by atoms with Gasteiger partial charge in [0.25, 0.3) is 0 Å². The molecule has 0 aliphatic heterocycles. The van der Waals surface area contributed by atoms with Crippen molar-refractivity contribution in [2.24, 2.45) is 5.73 Å². The zero-order chi connectivity index (χ0) is 12.1. The summed E-state index contributed by atoms with van der Waals surface area (Å²) < 4.78 is 7.51. The van der Waals surface area contributed by atoms with Crippen molar-refractivity contribution in [3.63, 3.8) is 0 Å². The molecule has 0 saturated heterocycles. The molecule has 0 spiro atoms. The molecule has 1 atom stereocenters. The Morgan fingerprint density at radius 1 is 1.41 bits per heavy atom. The van der Waals surface area contributed by atoms with Crippen molar-refractivity contribution >= 4 is 0 Å². The van der Waals surface area contributed by atoms with E-state index in [0.29, 0.717) is 13.2 Å². The van der Waals surface area contributed by atoms with Gasteiger partial charge in [-0.2, -0.15) is 0 Å². The molecule has 0 radical (unpaired) electrons. The Morgan fingerprint density at radius 3 is 3.00 bits per heavy atom. The van der Waals surface area contributed by atoms with E-state index in [9.17, 15) is 0 Å². The van der Waals surface area contributed by atoms with Crippen LogP contribution in [0.1, 0.15) is 5.56 Å². The minimum atomic E-state index is -0.0651. The van der Waals surface area contributed by atoms with Crippen LogP contribution in [0, 0.1) is 6.92 Å². The standard InChI is InChI=1S/C12H16N4O/c1-10-4-12(6-15-5-10)17-8-11(13)7-16-3-2-14-9-16/h2-6,9,11H,7-8,13H2,1H3. The van der Waals surface area contributed by atoms with Crippen molar-refractivity contribution in [1.82, 2.24) is 14.5 Å². The number of hydrogen-bond donors (Lipinski definition) is 1. The zero-order valence-corrected chi connectivity index (χ0v) is 9.78. The van der Waals surface area contributed by atoms with Gasteiger partial charge >= 0.3 is 0 Å². The summed E-state index contributed by atoms with van der Waals surface area (Å²) in [5, 5.41) is 0. The van der Waals surface area contributed by atoms with Gasteiger partial charge in [-0.15, -0.1) is 0 Å². The molecule has 2 aromatic heterocycles. The summed E-state index contributed by atoms with van der Waals surface area (Å²) in [5.41, 5.74) is 7.03. The molecule has 0 saturated carbocycles. The maximum atomic E-state index is 5.96. The van der Waals surface area contributed by atoms with E-state index in [0.717, 1.165) is 11.3 Å². The number of rotatable bonds is 5. The molecular weight excluding hydrogens is 216 g/mol. The van der Waals surface area contributed by atoms with Crippen LogP contribution in [0.5, 0.6) is 5.75 Å². The summed E-state index contributed by atoms with van der Waals surface area (Å²) in [6.07, 6.45) is 8.84. The second-order valence-electron chi connectivity index (χ2n) is 4.03. The third-order valence-corrected chi connectivity index (χ3v) is 2.32. The first-order chi connectivity index (χ1) is 8.24. The van der Waals surface area contributed by atoms with Crippen LogP contribution in [-0.2, 0) is 6.54 Å². The molecule has 0 aliphatic rings. The van der Waals surface area contributed by atoms with Crippen molar-refractivity contribution in [3.05, 3.63) is 42.7 Å². The maximum Gasteiger partial charge on any atom is 0.137 e. The molecule has 0 amide bonds. The summed E-state index contributed by atoms with van der Waals surface area (Å²) in [5.74, 6) is 0.756. The van der Waals surface area contributed by atoms with Gasteiger partial charge in [-0.25, -0.2) is 4.98 Å². The topological polar surface area (TPSA) is 66.0 Å². The molecular formula is C12H16N4O. The lowest BCUT2D eigenvalue weighted by molar-refractivity contribution is 0.274. The smallest absolute Gasteiger partial charge is 0.137 e. The van der Waals surface area contributed by atoms with Crippen LogP contribution >= 0.6 is 0 Å². The fourth-order valence-corrected chi connectivity index (χ4v) is 1.53. The highest BCUT2D eigenvalue weighted by atomic mass is 16.5. The Labute approximate surface area is 100 Å². The van der Waals surface area contributed by atoms with Crippen LogP contribution in [-0.4, -0.2) is 27.2 Å². The predicted octanol–water partition coefficient (Wildman–Crippen LogP) is 0.993. The van der Waals surface area contributed by atoms with Crippen LogP contribution in [0.25, 0.3) is 0 Å². The molecule has 90 valence electrons. The van der Waals surface area contributed by atoms with E-state index in [1.807, 2.05) is 23.8 Å². The molecule has 2 N–H and O–H groups in total.